The first-order valence-corrected chi connectivity index (χ1v) is 8.72. The van der Waals surface area contributed by atoms with Crippen LogP contribution in [0, 0.1) is 0 Å². The number of hydrogen-bond acceptors (Lipinski definition) is 2. The van der Waals surface area contributed by atoms with E-state index in [4.69, 9.17) is 0 Å². The van der Waals surface area contributed by atoms with E-state index in [2.05, 4.69) is 60.3 Å². The number of nitrogens with one attached hydrogen (secondary N) is 1. The lowest BCUT2D eigenvalue weighted by Crippen LogP contribution is -2.45. The van der Waals surface area contributed by atoms with E-state index in [0.717, 1.165) is 21.5 Å². The Labute approximate surface area is 132 Å². The van der Waals surface area contributed by atoms with Crippen LogP contribution in [-0.2, 0) is 6.54 Å². The molecule has 0 amide bonds. The smallest absolute Gasteiger partial charge is 0.0320 e. The van der Waals surface area contributed by atoms with Crippen molar-refractivity contribution in [2.24, 2.45) is 0 Å². The van der Waals surface area contributed by atoms with Gasteiger partial charge < -0.3 is 10.2 Å². The highest BCUT2D eigenvalue weighted by molar-refractivity contribution is 9.13. The molecule has 2 fully saturated rings. The van der Waals surface area contributed by atoms with Gasteiger partial charge in [0.05, 0.1) is 0 Å². The Morgan fingerprint density at radius 1 is 1.16 bits per heavy atom. The fraction of sp³-hybridized carbons (Fsp3) is 0.600. The predicted molar refractivity (Wildman–Crippen MR) is 86.3 cm³/mol. The van der Waals surface area contributed by atoms with Crippen molar-refractivity contribution in [2.75, 3.05) is 13.1 Å². The average Bonchev–Trinajstić information content (AvgIpc) is 2.87. The predicted octanol–water partition coefficient (Wildman–Crippen LogP) is 3.93. The van der Waals surface area contributed by atoms with Gasteiger partial charge in [-0.25, -0.2) is 0 Å². The highest BCUT2D eigenvalue weighted by Gasteiger charge is 2.31. The van der Waals surface area contributed by atoms with Crippen LogP contribution in [0.25, 0.3) is 0 Å². The molecule has 2 aliphatic rings. The summed E-state index contributed by atoms with van der Waals surface area (Å²) in [5.41, 5.74) is 1.35. The topological polar surface area (TPSA) is 15.3 Å². The van der Waals surface area contributed by atoms with Crippen LogP contribution in [0.15, 0.2) is 27.1 Å². The number of piperidine rings is 1. The number of rotatable bonds is 3. The molecule has 1 N–H and O–H groups in total. The SMILES string of the molecule is Brc1ccc(CNC2CCN3CCCC3C2)cc1Br. The molecule has 2 saturated heterocycles. The van der Waals surface area contributed by atoms with Gasteiger partial charge in [0, 0.05) is 27.6 Å². The maximum atomic E-state index is 3.73. The number of fused-ring (bicyclic) bond motifs is 1. The molecule has 2 atom stereocenters. The van der Waals surface area contributed by atoms with E-state index < -0.39 is 0 Å². The molecular formula is C15H20Br2N2. The molecule has 3 rings (SSSR count). The second kappa shape index (κ2) is 6.25. The molecule has 0 bridgehead atoms. The van der Waals surface area contributed by atoms with Crippen LogP contribution in [0.2, 0.25) is 0 Å². The number of nitrogens with zero attached hydrogens (tertiary/aromatic N) is 1. The maximum Gasteiger partial charge on any atom is 0.0320 e. The summed E-state index contributed by atoms with van der Waals surface area (Å²) in [5.74, 6) is 0. The number of halogens is 2. The highest BCUT2D eigenvalue weighted by atomic mass is 79.9. The maximum absolute atomic E-state index is 3.73. The molecule has 0 radical (unpaired) electrons. The standard InChI is InChI=1S/C15H20Br2N2/c16-14-4-3-11(8-15(14)17)10-18-12-5-7-19-6-1-2-13(19)9-12/h3-4,8,12-13,18H,1-2,5-7,9-10H2. The van der Waals surface area contributed by atoms with Gasteiger partial charge in [0.25, 0.3) is 0 Å². The van der Waals surface area contributed by atoms with Crippen molar-refractivity contribution >= 4 is 31.9 Å². The Morgan fingerprint density at radius 2 is 2.05 bits per heavy atom. The third-order valence-corrected chi connectivity index (χ3v) is 6.28. The van der Waals surface area contributed by atoms with Crippen LogP contribution in [0.3, 0.4) is 0 Å². The van der Waals surface area contributed by atoms with E-state index in [9.17, 15) is 0 Å². The summed E-state index contributed by atoms with van der Waals surface area (Å²) in [6, 6.07) is 8.04. The first kappa shape index (κ1) is 14.1. The molecule has 0 aliphatic carbocycles. The fourth-order valence-electron chi connectivity index (χ4n) is 3.32. The van der Waals surface area contributed by atoms with Crippen molar-refractivity contribution < 1.29 is 0 Å². The van der Waals surface area contributed by atoms with E-state index in [0.29, 0.717) is 6.04 Å². The Bertz CT molecular complexity index is 450. The molecule has 0 saturated carbocycles. The van der Waals surface area contributed by atoms with Crippen LogP contribution in [0.4, 0.5) is 0 Å². The van der Waals surface area contributed by atoms with Crippen molar-refractivity contribution in [3.63, 3.8) is 0 Å². The van der Waals surface area contributed by atoms with E-state index in [1.54, 1.807) is 0 Å². The zero-order valence-electron chi connectivity index (χ0n) is 11.0. The molecule has 19 heavy (non-hydrogen) atoms. The van der Waals surface area contributed by atoms with Crippen LogP contribution in [-0.4, -0.2) is 30.1 Å². The van der Waals surface area contributed by atoms with E-state index in [1.165, 1.54) is 44.3 Å². The van der Waals surface area contributed by atoms with Crippen molar-refractivity contribution in [1.29, 1.82) is 0 Å². The van der Waals surface area contributed by atoms with Gasteiger partial charge in [-0.15, -0.1) is 0 Å². The lowest BCUT2D eigenvalue weighted by atomic mass is 9.97. The first-order valence-electron chi connectivity index (χ1n) is 7.14. The van der Waals surface area contributed by atoms with Gasteiger partial charge in [-0.1, -0.05) is 6.07 Å². The third-order valence-electron chi connectivity index (χ3n) is 4.40. The van der Waals surface area contributed by atoms with Gasteiger partial charge in [-0.3, -0.25) is 0 Å². The lowest BCUT2D eigenvalue weighted by molar-refractivity contribution is 0.166. The van der Waals surface area contributed by atoms with Crippen LogP contribution in [0.1, 0.15) is 31.2 Å². The van der Waals surface area contributed by atoms with Crippen LogP contribution >= 0.6 is 31.9 Å². The van der Waals surface area contributed by atoms with E-state index in [1.807, 2.05) is 0 Å². The summed E-state index contributed by atoms with van der Waals surface area (Å²) in [5, 5.41) is 3.73. The summed E-state index contributed by atoms with van der Waals surface area (Å²) in [7, 11) is 0. The second-order valence-corrected chi connectivity index (χ2v) is 7.39. The highest BCUT2D eigenvalue weighted by Crippen LogP contribution is 2.27. The zero-order chi connectivity index (χ0) is 13.2. The quantitative estimate of drug-likeness (QED) is 0.845. The van der Waals surface area contributed by atoms with Crippen molar-refractivity contribution in [3.05, 3.63) is 32.7 Å². The van der Waals surface area contributed by atoms with Crippen molar-refractivity contribution in [2.45, 2.75) is 44.3 Å². The van der Waals surface area contributed by atoms with Gasteiger partial charge in [-0.05, 0) is 88.3 Å². The molecule has 2 heterocycles. The minimum absolute atomic E-state index is 0.696. The van der Waals surface area contributed by atoms with Crippen molar-refractivity contribution in [1.82, 2.24) is 10.2 Å². The Balaban J connectivity index is 1.53. The Morgan fingerprint density at radius 3 is 2.89 bits per heavy atom. The second-order valence-electron chi connectivity index (χ2n) is 5.68. The molecule has 1 aromatic carbocycles. The summed E-state index contributed by atoms with van der Waals surface area (Å²) < 4.78 is 2.26. The fourth-order valence-corrected chi connectivity index (χ4v) is 3.99. The molecular weight excluding hydrogens is 368 g/mol. The molecule has 2 nitrogen and oxygen atoms in total. The average molecular weight is 388 g/mol. The minimum Gasteiger partial charge on any atom is -0.310 e. The monoisotopic (exact) mass is 386 g/mol. The Hall–Kier alpha value is 0.1000. The van der Waals surface area contributed by atoms with Gasteiger partial charge in [0.1, 0.15) is 0 Å². The summed E-state index contributed by atoms with van der Waals surface area (Å²) >= 11 is 7.08. The van der Waals surface area contributed by atoms with Gasteiger partial charge in [0.2, 0.25) is 0 Å². The molecule has 0 aromatic heterocycles. The summed E-state index contributed by atoms with van der Waals surface area (Å²) in [6.07, 6.45) is 5.44. The normalized spacial score (nSPS) is 27.5. The van der Waals surface area contributed by atoms with E-state index >= 15 is 0 Å². The van der Waals surface area contributed by atoms with Gasteiger partial charge in [-0.2, -0.15) is 0 Å². The molecule has 1 aromatic rings. The van der Waals surface area contributed by atoms with Gasteiger partial charge in [0.15, 0.2) is 0 Å². The summed E-state index contributed by atoms with van der Waals surface area (Å²) in [4.78, 5) is 2.67. The van der Waals surface area contributed by atoms with Crippen molar-refractivity contribution in [3.8, 4) is 0 Å². The summed E-state index contributed by atoms with van der Waals surface area (Å²) in [6.45, 7) is 3.59. The molecule has 2 unspecified atom stereocenters. The Kier molecular flexibility index (Phi) is 4.62. The minimum atomic E-state index is 0.696. The van der Waals surface area contributed by atoms with Crippen LogP contribution in [0.5, 0.6) is 0 Å². The number of hydrogen-bond donors (Lipinski definition) is 1. The van der Waals surface area contributed by atoms with Gasteiger partial charge >= 0.3 is 0 Å². The first-order chi connectivity index (χ1) is 9.22. The molecule has 4 heteroatoms. The van der Waals surface area contributed by atoms with E-state index in [-0.39, 0.29) is 0 Å². The number of benzene rings is 1. The molecule has 0 spiro atoms. The zero-order valence-corrected chi connectivity index (χ0v) is 14.2. The molecule has 104 valence electrons. The largest absolute Gasteiger partial charge is 0.310 e. The third kappa shape index (κ3) is 3.41. The molecule has 2 aliphatic heterocycles. The van der Waals surface area contributed by atoms with Crippen LogP contribution < -0.4 is 5.32 Å². The lowest BCUT2D eigenvalue weighted by Gasteiger charge is -2.35.